The lowest BCUT2D eigenvalue weighted by Crippen LogP contribution is -2.26. The first-order chi connectivity index (χ1) is 5.96. The van der Waals surface area contributed by atoms with Gasteiger partial charge in [-0.15, -0.1) is 33.2 Å². The van der Waals surface area contributed by atoms with E-state index in [-0.39, 0.29) is 0 Å². The second-order valence-electron chi connectivity index (χ2n) is 4.13. The van der Waals surface area contributed by atoms with Crippen LogP contribution in [0, 0.1) is 11.8 Å². The zero-order valence-corrected chi connectivity index (χ0v) is 11.5. The third-order valence-electron chi connectivity index (χ3n) is 3.36. The lowest BCUT2D eigenvalue weighted by atomic mass is 9.90. The van der Waals surface area contributed by atoms with Gasteiger partial charge in [-0.3, -0.25) is 0 Å². The lowest BCUT2D eigenvalue weighted by molar-refractivity contribution is 0.356. The van der Waals surface area contributed by atoms with Crippen molar-refractivity contribution in [2.75, 3.05) is 0 Å². The molecule has 78 valence electrons. The van der Waals surface area contributed by atoms with E-state index in [0.29, 0.717) is 11.5 Å². The van der Waals surface area contributed by atoms with E-state index in [9.17, 15) is 0 Å². The highest BCUT2D eigenvalue weighted by Crippen LogP contribution is 2.51. The summed E-state index contributed by atoms with van der Waals surface area (Å²) in [5.41, 5.74) is 0.410. The summed E-state index contributed by atoms with van der Waals surface area (Å²) < 4.78 is 0. The fraction of sp³-hybridized carbons (Fsp3) is 1.00. The van der Waals surface area contributed by atoms with Crippen molar-refractivity contribution < 1.29 is 0 Å². The molecule has 1 saturated carbocycles. The first kappa shape index (κ1) is 12.2. The molecule has 0 saturated heterocycles. The third-order valence-corrected chi connectivity index (χ3v) is 7.45. The molecule has 0 aromatic heterocycles. The van der Waals surface area contributed by atoms with Gasteiger partial charge < -0.3 is 0 Å². The summed E-state index contributed by atoms with van der Waals surface area (Å²) in [5, 5.41) is 0. The zero-order valence-electron chi connectivity index (χ0n) is 8.19. The molecule has 1 fully saturated rings. The molecule has 4 heteroatoms. The first-order valence-corrected chi connectivity index (χ1v) is 10.1. The Hall–Kier alpha value is 1.09. The van der Waals surface area contributed by atoms with Gasteiger partial charge in [-0.2, -0.15) is 0 Å². The summed E-state index contributed by atoms with van der Waals surface area (Å²) in [4.78, 5) is 0. The molecule has 1 rings (SSSR count). The number of hydrogen-bond acceptors (Lipinski definition) is 0. The molecule has 0 nitrogen and oxygen atoms in total. The Bertz CT molecular complexity index is 167. The van der Waals surface area contributed by atoms with E-state index in [1.807, 2.05) is 0 Å². The van der Waals surface area contributed by atoms with Gasteiger partial charge in [0.05, 0.1) is 0 Å². The molecule has 3 atom stereocenters. The first-order valence-electron chi connectivity index (χ1n) is 5.03. The van der Waals surface area contributed by atoms with Crippen LogP contribution in [0.1, 0.15) is 39.5 Å². The Balaban J connectivity index is 2.64. The average Bonchev–Trinajstić information content (AvgIpc) is 2.49. The Kier molecular flexibility index (Phi) is 4.43. The number of rotatable bonds is 3. The van der Waals surface area contributed by atoms with Crippen LogP contribution in [-0.4, -0.2) is 6.00 Å². The maximum atomic E-state index is 6.10. The van der Waals surface area contributed by atoms with E-state index < -0.39 is 6.00 Å². The normalized spacial score (nSPS) is 32.1. The van der Waals surface area contributed by atoms with Crippen molar-refractivity contribution in [1.29, 1.82) is 0 Å². The highest BCUT2D eigenvalue weighted by molar-refractivity contribution is 7.65. The predicted molar refractivity (Wildman–Crippen MR) is 63.9 cm³/mol. The summed E-state index contributed by atoms with van der Waals surface area (Å²) in [7, 11) is 0. The van der Waals surface area contributed by atoms with Crippen molar-refractivity contribution in [3.8, 4) is 0 Å². The Morgan fingerprint density at radius 2 is 1.92 bits per heavy atom. The topological polar surface area (TPSA) is 0 Å². The minimum Gasteiger partial charge on any atom is -0.126 e. The molecule has 0 N–H and O–H groups in total. The van der Waals surface area contributed by atoms with E-state index in [1.54, 1.807) is 0 Å². The maximum absolute atomic E-state index is 6.10. The van der Waals surface area contributed by atoms with Crippen LogP contribution >= 0.6 is 33.2 Å². The lowest BCUT2D eigenvalue weighted by Gasteiger charge is -2.28. The van der Waals surface area contributed by atoms with E-state index in [4.69, 9.17) is 33.2 Å². The van der Waals surface area contributed by atoms with Gasteiger partial charge in [-0.05, 0) is 23.8 Å². The second-order valence-corrected chi connectivity index (χ2v) is 13.1. The summed E-state index contributed by atoms with van der Waals surface area (Å²) in [5.74, 6) is 1.39. The number of hydrogen-bond donors (Lipinski definition) is 0. The molecule has 1 aliphatic carbocycles. The fourth-order valence-corrected chi connectivity index (χ4v) is 6.33. The van der Waals surface area contributed by atoms with E-state index in [0.717, 1.165) is 12.3 Å². The van der Waals surface area contributed by atoms with Crippen LogP contribution in [0.3, 0.4) is 0 Å². The zero-order chi connectivity index (χ0) is 10.1. The largest absolute Gasteiger partial charge is 0.344 e. The van der Waals surface area contributed by atoms with Crippen LogP contribution in [-0.2, 0) is 0 Å². The van der Waals surface area contributed by atoms with E-state index in [2.05, 4.69) is 13.8 Å². The van der Waals surface area contributed by atoms with E-state index >= 15 is 0 Å². The molecular formula is C9H17Cl3Si. The Morgan fingerprint density at radius 3 is 2.38 bits per heavy atom. The standard InChI is InChI=1S/C9H17Cl3Si/c1-3-7(2)8-5-4-6-9(8)13(10,11)12/h7-9H,3-6H2,1-2H3. The van der Waals surface area contributed by atoms with Crippen LogP contribution in [0.15, 0.2) is 0 Å². The second kappa shape index (κ2) is 4.74. The Labute approximate surface area is 96.1 Å². The summed E-state index contributed by atoms with van der Waals surface area (Å²) in [6.07, 6.45) is 4.86. The van der Waals surface area contributed by atoms with Crippen LogP contribution < -0.4 is 0 Å². The highest BCUT2D eigenvalue weighted by Gasteiger charge is 2.45. The van der Waals surface area contributed by atoms with Crippen molar-refractivity contribution in [3.63, 3.8) is 0 Å². The third kappa shape index (κ3) is 3.02. The van der Waals surface area contributed by atoms with Gasteiger partial charge in [0.25, 0.3) is 0 Å². The quantitative estimate of drug-likeness (QED) is 0.502. The molecule has 13 heavy (non-hydrogen) atoms. The average molecular weight is 260 g/mol. The van der Waals surface area contributed by atoms with Gasteiger partial charge >= 0.3 is 6.00 Å². The molecule has 0 spiro atoms. The van der Waals surface area contributed by atoms with Crippen LogP contribution in [0.4, 0.5) is 0 Å². The Morgan fingerprint density at radius 1 is 1.31 bits per heavy atom. The smallest absolute Gasteiger partial charge is 0.126 e. The molecule has 0 aromatic rings. The minimum absolute atomic E-state index is 0.410. The van der Waals surface area contributed by atoms with Gasteiger partial charge in [-0.1, -0.05) is 33.1 Å². The van der Waals surface area contributed by atoms with Gasteiger partial charge in [-0.25, -0.2) is 0 Å². The molecule has 1 aliphatic rings. The SMILES string of the molecule is CCC(C)C1CCCC1[Si](Cl)(Cl)Cl. The molecule has 0 radical (unpaired) electrons. The van der Waals surface area contributed by atoms with Crippen molar-refractivity contribution in [3.05, 3.63) is 0 Å². The minimum atomic E-state index is -2.45. The molecule has 0 heterocycles. The fourth-order valence-electron chi connectivity index (χ4n) is 2.38. The monoisotopic (exact) mass is 258 g/mol. The van der Waals surface area contributed by atoms with Gasteiger partial charge in [0, 0.05) is 0 Å². The van der Waals surface area contributed by atoms with Crippen LogP contribution in [0.5, 0.6) is 0 Å². The molecule has 0 aliphatic heterocycles. The summed E-state index contributed by atoms with van der Waals surface area (Å²) in [6.45, 7) is 4.51. The van der Waals surface area contributed by atoms with Gasteiger partial charge in [0.2, 0.25) is 0 Å². The maximum Gasteiger partial charge on any atom is 0.344 e. The molecule has 0 bridgehead atoms. The van der Waals surface area contributed by atoms with Crippen LogP contribution in [0.25, 0.3) is 0 Å². The van der Waals surface area contributed by atoms with Crippen LogP contribution in [0.2, 0.25) is 5.54 Å². The molecule has 3 unspecified atom stereocenters. The number of halogens is 3. The molecule has 0 amide bonds. The summed E-state index contributed by atoms with van der Waals surface area (Å²) in [6, 6.07) is -2.45. The highest BCUT2D eigenvalue weighted by atomic mass is 35.8. The van der Waals surface area contributed by atoms with Gasteiger partial charge in [0.1, 0.15) is 0 Å². The summed E-state index contributed by atoms with van der Waals surface area (Å²) >= 11 is 18.3. The van der Waals surface area contributed by atoms with Gasteiger partial charge in [0.15, 0.2) is 0 Å². The van der Waals surface area contributed by atoms with E-state index in [1.165, 1.54) is 19.3 Å². The van der Waals surface area contributed by atoms with Crippen molar-refractivity contribution in [2.45, 2.75) is 45.1 Å². The molecular weight excluding hydrogens is 243 g/mol. The van der Waals surface area contributed by atoms with Crippen molar-refractivity contribution >= 4 is 39.2 Å². The van der Waals surface area contributed by atoms with Crippen molar-refractivity contribution in [2.24, 2.45) is 11.8 Å². The predicted octanol–water partition coefficient (Wildman–Crippen LogP) is 4.86. The van der Waals surface area contributed by atoms with Crippen molar-refractivity contribution in [1.82, 2.24) is 0 Å². The molecule has 0 aromatic carbocycles.